The van der Waals surface area contributed by atoms with Gasteiger partial charge in [0.15, 0.2) is 5.78 Å². The van der Waals surface area contributed by atoms with Gasteiger partial charge in [-0.25, -0.2) is 44.9 Å². The molecule has 9 aromatic rings. The zero-order chi connectivity index (χ0) is 56.8. The molecule has 0 amide bonds. The maximum atomic E-state index is 11.5. The number of aromatic nitrogens is 9. The lowest BCUT2D eigenvalue weighted by molar-refractivity contribution is -0.114. The van der Waals surface area contributed by atoms with Crippen LogP contribution < -0.4 is 51.1 Å². The molecule has 0 spiro atoms. The van der Waals surface area contributed by atoms with Crippen LogP contribution in [-0.4, -0.2) is 82.3 Å². The van der Waals surface area contributed by atoms with Crippen molar-refractivity contribution in [3.05, 3.63) is 201 Å². The number of phenols is 1. The van der Waals surface area contributed by atoms with Crippen LogP contribution in [0, 0.1) is 0 Å². The molecule has 0 aliphatic heterocycles. The Balaban J connectivity index is 0.000000199. The topological polar surface area (TPSA) is 305 Å². The van der Waals surface area contributed by atoms with E-state index in [0.717, 1.165) is 23.3 Å². The standard InChI is InChI=1S/C20H18N4O3.C16H15N5O2.C9H8ClN5.C7H8O2.C3H3ClO/c1-3-15(25)11-14-5-4-6-18(23-14)24-19-12-20(22-13-21-19)27-17-9-7-16(26-2)8-10-17;1-22-11-5-7-12(8-6-11)23-16-9-15(18-10-19-16)21-14-4-2-3-13(17)20-14;10-6-4-9(13-5-12-6)15-8-3-1-2-7(11)14-8;1-9-7-4-2-6(8)3-5-7;1-2-3(4)5/h3-10,12-13H,1,11H2,2H3,(H,21,22,23,24);2-10H,1H3,(H3,17,18,19,20,21);1-5H,(H3,11,12,13,14,15);2-5,8H,1H3;2H,1H2. The van der Waals surface area contributed by atoms with Crippen molar-refractivity contribution in [2.75, 3.05) is 48.7 Å². The number of benzene rings is 3. The fourth-order valence-electron chi connectivity index (χ4n) is 5.77. The van der Waals surface area contributed by atoms with Gasteiger partial charge < -0.3 is 56.2 Å². The first-order chi connectivity index (χ1) is 38.2. The second-order valence-electron chi connectivity index (χ2n) is 15.1. The van der Waals surface area contributed by atoms with Crippen molar-refractivity contribution in [3.8, 4) is 46.3 Å². The Morgan fingerprint density at radius 1 is 0.519 bits per heavy atom. The van der Waals surface area contributed by atoms with E-state index >= 15 is 0 Å². The maximum absolute atomic E-state index is 11.5. The van der Waals surface area contributed by atoms with Crippen LogP contribution >= 0.6 is 23.2 Å². The van der Waals surface area contributed by atoms with Crippen LogP contribution in [0.5, 0.6) is 46.3 Å². The van der Waals surface area contributed by atoms with E-state index in [0.29, 0.717) is 80.6 Å². The van der Waals surface area contributed by atoms with Gasteiger partial charge in [-0.15, -0.1) is 0 Å². The first kappa shape index (κ1) is 59.4. The fourth-order valence-corrected chi connectivity index (χ4v) is 5.92. The quantitative estimate of drug-likeness (QED) is 0.0280. The number of hydrogen-bond acceptors (Lipinski definition) is 22. The lowest BCUT2D eigenvalue weighted by atomic mass is 10.2. The van der Waals surface area contributed by atoms with Gasteiger partial charge in [-0.2, -0.15) is 0 Å². The minimum atomic E-state index is -0.509. The molecule has 6 aromatic heterocycles. The summed E-state index contributed by atoms with van der Waals surface area (Å²) in [6, 6.07) is 41.9. The number of halogens is 2. The first-order valence-electron chi connectivity index (χ1n) is 23.0. The van der Waals surface area contributed by atoms with E-state index in [9.17, 15) is 9.59 Å². The van der Waals surface area contributed by atoms with Gasteiger partial charge in [0.25, 0.3) is 0 Å². The normalized spacial score (nSPS) is 9.73. The van der Waals surface area contributed by atoms with Crippen molar-refractivity contribution in [1.82, 2.24) is 44.9 Å². The SMILES string of the molecule is C=CC(=O)Cc1cccc(Nc2cc(Oc3ccc(OC)cc3)ncn2)n1.C=CC(=O)Cl.COc1ccc(O)cc1.COc1ccc(Oc2cc(Nc3cccc(N)n3)ncn2)cc1.Nc1cccc(Nc2cc(Cl)ncn2)n1. The van der Waals surface area contributed by atoms with Crippen LogP contribution in [0.15, 0.2) is 190 Å². The third kappa shape index (κ3) is 22.5. The summed E-state index contributed by atoms with van der Waals surface area (Å²) in [4.78, 5) is 57.8. The molecule has 0 bridgehead atoms. The van der Waals surface area contributed by atoms with Gasteiger partial charge in [-0.3, -0.25) is 9.59 Å². The number of ether oxygens (including phenoxy) is 5. The number of nitrogens with one attached hydrogen (secondary N) is 3. The van der Waals surface area contributed by atoms with E-state index in [1.54, 1.807) is 149 Å². The Hall–Kier alpha value is -10.5. The molecule has 0 radical (unpaired) electrons. The van der Waals surface area contributed by atoms with Crippen LogP contribution in [0.4, 0.5) is 46.5 Å². The molecule has 0 saturated carbocycles. The number of pyridine rings is 3. The summed E-state index contributed by atoms with van der Waals surface area (Å²) in [6.45, 7) is 6.55. The number of rotatable bonds is 17. The molecule has 79 heavy (non-hydrogen) atoms. The highest BCUT2D eigenvalue weighted by molar-refractivity contribution is 6.66. The number of anilines is 8. The van der Waals surface area contributed by atoms with E-state index in [-0.39, 0.29) is 18.0 Å². The van der Waals surface area contributed by atoms with Crippen molar-refractivity contribution < 1.29 is 38.4 Å². The number of nitrogens with zero attached hydrogens (tertiary/aromatic N) is 9. The molecule has 8 N–H and O–H groups in total. The second-order valence-corrected chi connectivity index (χ2v) is 15.9. The van der Waals surface area contributed by atoms with E-state index in [2.05, 4.69) is 74.0 Å². The number of phenolic OH excluding ortho intramolecular Hbond substituents is 1. The number of ketones is 1. The van der Waals surface area contributed by atoms with Gasteiger partial charge in [0.1, 0.15) is 105 Å². The summed E-state index contributed by atoms with van der Waals surface area (Å²) in [6.07, 6.45) is 6.71. The zero-order valence-corrected chi connectivity index (χ0v) is 44.1. The number of allylic oxidation sites excluding steroid dienone is 2. The fraction of sp³-hybridized carbons (Fsp3) is 0.0727. The van der Waals surface area contributed by atoms with Crippen LogP contribution in [-0.2, 0) is 16.0 Å². The summed E-state index contributed by atoms with van der Waals surface area (Å²) < 4.78 is 26.5. The number of carbonyl (C=O) groups excluding carboxylic acids is 2. The number of carbonyl (C=O) groups is 2. The van der Waals surface area contributed by atoms with Crippen molar-refractivity contribution in [3.63, 3.8) is 0 Å². The van der Waals surface area contributed by atoms with Gasteiger partial charge in [0, 0.05) is 18.2 Å². The second kappa shape index (κ2) is 32.1. The minimum Gasteiger partial charge on any atom is -0.508 e. The minimum absolute atomic E-state index is 0.0862. The van der Waals surface area contributed by atoms with Gasteiger partial charge in [0.2, 0.25) is 17.0 Å². The van der Waals surface area contributed by atoms with Gasteiger partial charge in [0.05, 0.1) is 33.4 Å². The maximum Gasteiger partial charge on any atom is 0.244 e. The number of aromatic hydroxyl groups is 1. The van der Waals surface area contributed by atoms with E-state index in [1.165, 1.54) is 25.1 Å². The smallest absolute Gasteiger partial charge is 0.244 e. The lowest BCUT2D eigenvalue weighted by Crippen LogP contribution is -2.03. The summed E-state index contributed by atoms with van der Waals surface area (Å²) in [5.41, 5.74) is 11.8. The van der Waals surface area contributed by atoms with E-state index < -0.39 is 5.24 Å². The van der Waals surface area contributed by atoms with Crippen molar-refractivity contribution in [1.29, 1.82) is 0 Å². The zero-order valence-electron chi connectivity index (χ0n) is 42.6. The summed E-state index contributed by atoms with van der Waals surface area (Å²) in [5, 5.41) is 17.7. The molecule has 0 atom stereocenters. The molecule has 3 aromatic carbocycles. The Morgan fingerprint density at radius 3 is 1.29 bits per heavy atom. The van der Waals surface area contributed by atoms with E-state index in [4.69, 9.17) is 63.5 Å². The van der Waals surface area contributed by atoms with Crippen LogP contribution in [0.3, 0.4) is 0 Å². The highest BCUT2D eigenvalue weighted by Crippen LogP contribution is 2.26. The average molecular weight is 1110 g/mol. The highest BCUT2D eigenvalue weighted by atomic mass is 35.5. The number of nitrogen functional groups attached to an aromatic ring is 2. The Kier molecular flexibility index (Phi) is 24.1. The third-order valence-electron chi connectivity index (χ3n) is 9.41. The predicted molar refractivity (Wildman–Crippen MR) is 303 cm³/mol. The number of nitrogens with two attached hydrogens (primary N) is 2. The largest absolute Gasteiger partial charge is 0.508 e. The summed E-state index contributed by atoms with van der Waals surface area (Å²) in [7, 11) is 4.81. The molecule has 22 nitrogen and oxygen atoms in total. The molecule has 0 aliphatic rings. The molecular weight excluding hydrogens is 1060 g/mol. The van der Waals surface area contributed by atoms with Gasteiger partial charge in [-0.1, -0.05) is 43.0 Å². The highest BCUT2D eigenvalue weighted by Gasteiger charge is 2.08. The molecule has 24 heteroatoms. The van der Waals surface area contributed by atoms with Crippen molar-refractivity contribution in [2.45, 2.75) is 6.42 Å². The molecular formula is C55H52Cl2N14O8. The van der Waals surface area contributed by atoms with Crippen molar-refractivity contribution in [2.24, 2.45) is 0 Å². The van der Waals surface area contributed by atoms with Gasteiger partial charge in [-0.05, 0) is 133 Å². The van der Waals surface area contributed by atoms with E-state index in [1.807, 2.05) is 18.2 Å². The Bertz CT molecular complexity index is 3320. The van der Waals surface area contributed by atoms with Crippen LogP contribution in [0.1, 0.15) is 5.69 Å². The Labute approximate surface area is 464 Å². The summed E-state index contributed by atoms with van der Waals surface area (Å²) in [5.74, 6) is 8.82. The number of hydrogen-bond donors (Lipinski definition) is 6. The van der Waals surface area contributed by atoms with Crippen LogP contribution in [0.2, 0.25) is 5.15 Å². The van der Waals surface area contributed by atoms with Gasteiger partial charge >= 0.3 is 0 Å². The van der Waals surface area contributed by atoms with Crippen LogP contribution in [0.25, 0.3) is 0 Å². The predicted octanol–water partition coefficient (Wildman–Crippen LogP) is 10.9. The Morgan fingerprint density at radius 2 is 0.899 bits per heavy atom. The molecule has 6 heterocycles. The molecule has 9 rings (SSSR count). The molecule has 0 unspecified atom stereocenters. The first-order valence-corrected chi connectivity index (χ1v) is 23.8. The molecule has 0 fully saturated rings. The monoisotopic (exact) mass is 1110 g/mol. The molecule has 404 valence electrons. The summed E-state index contributed by atoms with van der Waals surface area (Å²) >= 11 is 10.4. The lowest BCUT2D eigenvalue weighted by Gasteiger charge is -2.09. The molecule has 0 aliphatic carbocycles. The third-order valence-corrected chi connectivity index (χ3v) is 9.77. The number of methoxy groups -OCH3 is 3. The average Bonchev–Trinajstić information content (AvgIpc) is 3.45. The van der Waals surface area contributed by atoms with Crippen molar-refractivity contribution >= 4 is 80.8 Å². The molecule has 0 saturated heterocycles.